The third kappa shape index (κ3) is 3.20. The van der Waals surface area contributed by atoms with Crippen molar-refractivity contribution in [2.45, 2.75) is 0 Å². The van der Waals surface area contributed by atoms with Gasteiger partial charge < -0.3 is 9.80 Å². The Bertz CT molecular complexity index is 905. The van der Waals surface area contributed by atoms with Crippen LogP contribution in [0.3, 0.4) is 0 Å². The van der Waals surface area contributed by atoms with Crippen LogP contribution < -0.4 is 4.90 Å². The molecule has 3 aromatic rings. The maximum atomic E-state index is 12.7. The topological polar surface area (TPSA) is 67.2 Å². The van der Waals surface area contributed by atoms with Gasteiger partial charge in [-0.3, -0.25) is 4.79 Å². The van der Waals surface area contributed by atoms with E-state index in [9.17, 15) is 4.79 Å². The highest BCUT2D eigenvalue weighted by Gasteiger charge is 2.26. The number of tetrazole rings is 1. The molecule has 132 valence electrons. The van der Waals surface area contributed by atoms with Gasteiger partial charge in [0, 0.05) is 30.7 Å². The Morgan fingerprint density at radius 3 is 2.35 bits per heavy atom. The van der Waals surface area contributed by atoms with Gasteiger partial charge in [0.05, 0.1) is 11.3 Å². The number of amides is 1. The Labute approximate surface area is 159 Å². The van der Waals surface area contributed by atoms with E-state index >= 15 is 0 Å². The molecule has 26 heavy (non-hydrogen) atoms. The average Bonchev–Trinajstić information content (AvgIpc) is 3.18. The number of hydrogen-bond acceptors (Lipinski definition) is 5. The molecule has 2 heterocycles. The maximum Gasteiger partial charge on any atom is 0.255 e. The van der Waals surface area contributed by atoms with Crippen LogP contribution in [0.25, 0.3) is 5.69 Å². The van der Waals surface area contributed by atoms with E-state index in [1.807, 2.05) is 59.5 Å². The van der Waals surface area contributed by atoms with E-state index in [0.29, 0.717) is 37.7 Å². The fourth-order valence-corrected chi connectivity index (χ4v) is 3.48. The molecule has 0 bridgehead atoms. The molecular weight excluding hydrogens is 396 g/mol. The van der Waals surface area contributed by atoms with Crippen LogP contribution in [-0.4, -0.2) is 57.2 Å². The van der Waals surface area contributed by atoms with Crippen molar-refractivity contribution in [3.05, 3.63) is 64.6 Å². The minimum Gasteiger partial charge on any atom is -0.336 e. The number of hydrogen-bond donors (Lipinski definition) is 0. The quantitative estimate of drug-likeness (QED) is 0.660. The molecule has 0 aliphatic carbocycles. The van der Waals surface area contributed by atoms with Gasteiger partial charge in [0.2, 0.25) is 5.95 Å². The predicted octanol–water partition coefficient (Wildman–Crippen LogP) is 2.39. The number of para-hydroxylation sites is 1. The summed E-state index contributed by atoms with van der Waals surface area (Å²) >= 11 is 3.45. The first-order valence-electron chi connectivity index (χ1n) is 8.36. The molecule has 4 rings (SSSR count). The van der Waals surface area contributed by atoms with Crippen LogP contribution in [0.5, 0.6) is 0 Å². The van der Waals surface area contributed by atoms with Gasteiger partial charge in [0.1, 0.15) is 0 Å². The monoisotopic (exact) mass is 412 g/mol. The molecule has 0 spiro atoms. The van der Waals surface area contributed by atoms with Crippen molar-refractivity contribution in [1.29, 1.82) is 0 Å². The van der Waals surface area contributed by atoms with Crippen molar-refractivity contribution in [3.63, 3.8) is 0 Å². The lowest BCUT2D eigenvalue weighted by molar-refractivity contribution is 0.0745. The van der Waals surface area contributed by atoms with E-state index in [2.05, 4.69) is 36.4 Å². The van der Waals surface area contributed by atoms with Crippen LogP contribution in [0.2, 0.25) is 0 Å². The van der Waals surface area contributed by atoms with E-state index in [0.717, 1.165) is 10.2 Å². The van der Waals surface area contributed by atoms with E-state index in [1.165, 1.54) is 0 Å². The fourth-order valence-electron chi connectivity index (χ4n) is 3.03. The summed E-state index contributed by atoms with van der Waals surface area (Å²) in [6, 6.07) is 17.3. The van der Waals surface area contributed by atoms with Crippen LogP contribution >= 0.6 is 15.9 Å². The third-order valence-corrected chi connectivity index (χ3v) is 5.10. The number of rotatable bonds is 3. The van der Waals surface area contributed by atoms with Gasteiger partial charge in [-0.05, 0) is 50.6 Å². The van der Waals surface area contributed by atoms with Crippen LogP contribution in [0.1, 0.15) is 10.4 Å². The number of anilines is 1. The maximum absolute atomic E-state index is 12.7. The standard InChI is InChI=1S/C18H17BrN6O/c19-16-9-5-4-8-15(16)17(26)23-10-12-24(13-11-23)18-20-21-22-25(18)14-6-2-1-3-7-14/h1-9H,10-13H2. The number of benzene rings is 2. The van der Waals surface area contributed by atoms with Gasteiger partial charge in [-0.2, -0.15) is 4.68 Å². The number of aromatic nitrogens is 4. The molecule has 1 saturated heterocycles. The zero-order chi connectivity index (χ0) is 17.9. The first-order valence-corrected chi connectivity index (χ1v) is 9.16. The second-order valence-electron chi connectivity index (χ2n) is 5.99. The largest absolute Gasteiger partial charge is 0.336 e. The van der Waals surface area contributed by atoms with Crippen molar-refractivity contribution in [1.82, 2.24) is 25.1 Å². The Hall–Kier alpha value is -2.74. The van der Waals surface area contributed by atoms with Gasteiger partial charge in [0.25, 0.3) is 5.91 Å². The lowest BCUT2D eigenvalue weighted by Crippen LogP contribution is -2.49. The molecule has 1 amide bonds. The Kier molecular flexibility index (Phi) is 4.66. The molecule has 0 N–H and O–H groups in total. The van der Waals surface area contributed by atoms with Crippen LogP contribution in [-0.2, 0) is 0 Å². The van der Waals surface area contributed by atoms with Crippen molar-refractivity contribution < 1.29 is 4.79 Å². The molecule has 0 atom stereocenters. The van der Waals surface area contributed by atoms with E-state index < -0.39 is 0 Å². The van der Waals surface area contributed by atoms with Crippen molar-refractivity contribution in [2.75, 3.05) is 31.1 Å². The number of piperazine rings is 1. The average molecular weight is 413 g/mol. The molecule has 8 heteroatoms. The van der Waals surface area contributed by atoms with E-state index in [-0.39, 0.29) is 5.91 Å². The first kappa shape index (κ1) is 16.7. The summed E-state index contributed by atoms with van der Waals surface area (Å²) in [5.41, 5.74) is 1.61. The fraction of sp³-hybridized carbons (Fsp3) is 0.222. The second-order valence-corrected chi connectivity index (χ2v) is 6.84. The van der Waals surface area contributed by atoms with Gasteiger partial charge in [0.15, 0.2) is 0 Å². The van der Waals surface area contributed by atoms with Crippen LogP contribution in [0.4, 0.5) is 5.95 Å². The number of nitrogens with zero attached hydrogens (tertiary/aromatic N) is 6. The normalized spacial score (nSPS) is 14.5. The zero-order valence-corrected chi connectivity index (χ0v) is 15.6. The van der Waals surface area contributed by atoms with E-state index in [4.69, 9.17) is 0 Å². The lowest BCUT2D eigenvalue weighted by atomic mass is 10.2. The highest BCUT2D eigenvalue weighted by atomic mass is 79.9. The third-order valence-electron chi connectivity index (χ3n) is 4.41. The number of carbonyl (C=O) groups is 1. The predicted molar refractivity (Wildman–Crippen MR) is 101 cm³/mol. The number of halogens is 1. The summed E-state index contributed by atoms with van der Waals surface area (Å²) in [7, 11) is 0. The lowest BCUT2D eigenvalue weighted by Gasteiger charge is -2.35. The smallest absolute Gasteiger partial charge is 0.255 e. The van der Waals surface area contributed by atoms with E-state index in [1.54, 1.807) is 4.68 Å². The first-order chi connectivity index (χ1) is 12.7. The molecule has 0 unspecified atom stereocenters. The Balaban J connectivity index is 1.48. The summed E-state index contributed by atoms with van der Waals surface area (Å²) < 4.78 is 2.55. The van der Waals surface area contributed by atoms with Crippen molar-refractivity contribution in [3.8, 4) is 5.69 Å². The molecule has 1 aromatic heterocycles. The highest BCUT2D eigenvalue weighted by Crippen LogP contribution is 2.21. The Morgan fingerprint density at radius 2 is 1.62 bits per heavy atom. The van der Waals surface area contributed by atoms with Gasteiger partial charge in [-0.1, -0.05) is 35.4 Å². The second kappa shape index (κ2) is 7.25. The summed E-state index contributed by atoms with van der Waals surface area (Å²) in [6.45, 7) is 2.62. The minimum absolute atomic E-state index is 0.0415. The molecule has 1 aliphatic rings. The molecule has 1 aliphatic heterocycles. The summed E-state index contributed by atoms with van der Waals surface area (Å²) in [5, 5.41) is 12.1. The molecular formula is C18H17BrN6O. The molecule has 7 nitrogen and oxygen atoms in total. The van der Waals surface area contributed by atoms with Gasteiger partial charge in [-0.15, -0.1) is 0 Å². The molecule has 0 saturated carbocycles. The summed E-state index contributed by atoms with van der Waals surface area (Å²) in [5.74, 6) is 0.740. The molecule has 2 aromatic carbocycles. The SMILES string of the molecule is O=C(c1ccccc1Br)N1CCN(c2nnnn2-c2ccccc2)CC1. The van der Waals surface area contributed by atoms with Gasteiger partial charge >= 0.3 is 0 Å². The van der Waals surface area contributed by atoms with Crippen LogP contribution in [0, 0.1) is 0 Å². The summed E-state index contributed by atoms with van der Waals surface area (Å²) in [6.07, 6.45) is 0. The van der Waals surface area contributed by atoms with Crippen molar-refractivity contribution in [2.24, 2.45) is 0 Å². The van der Waals surface area contributed by atoms with Crippen molar-refractivity contribution >= 4 is 27.8 Å². The highest BCUT2D eigenvalue weighted by molar-refractivity contribution is 9.10. The van der Waals surface area contributed by atoms with Gasteiger partial charge in [-0.25, -0.2) is 0 Å². The van der Waals surface area contributed by atoms with Crippen LogP contribution in [0.15, 0.2) is 59.1 Å². The minimum atomic E-state index is 0.0415. The number of carbonyl (C=O) groups excluding carboxylic acids is 1. The molecule has 0 radical (unpaired) electrons. The summed E-state index contributed by atoms with van der Waals surface area (Å²) in [4.78, 5) is 16.7. The molecule has 1 fully saturated rings. The zero-order valence-electron chi connectivity index (χ0n) is 14.0. The Morgan fingerprint density at radius 1 is 0.923 bits per heavy atom.